The van der Waals surface area contributed by atoms with Gasteiger partial charge in [0.1, 0.15) is 0 Å². The second-order valence-electron chi connectivity index (χ2n) is 7.08. The van der Waals surface area contributed by atoms with Crippen molar-refractivity contribution >= 4 is 27.1 Å². The Morgan fingerprint density at radius 2 is 2.20 bits per heavy atom. The number of hydrogen-bond acceptors (Lipinski definition) is 5. The van der Waals surface area contributed by atoms with Crippen molar-refractivity contribution < 1.29 is 8.42 Å². The van der Waals surface area contributed by atoms with Gasteiger partial charge in [-0.3, -0.25) is 4.99 Å². The Hall–Kier alpha value is -1.15. The third kappa shape index (κ3) is 5.41. The standard InChI is InChI=1S/C17H30N4O2S2/c1-5-18-16(21-10-11-25(22,23)17(3,4)13-21)19-9-7-6-8-15-20-14(2)12-24-15/h12H,5-11,13H2,1-4H3,(H,18,19). The molecule has 1 N–H and O–H groups in total. The summed E-state index contributed by atoms with van der Waals surface area (Å²) < 4.78 is 23.6. The van der Waals surface area contributed by atoms with Crippen molar-refractivity contribution in [2.45, 2.75) is 51.7 Å². The summed E-state index contributed by atoms with van der Waals surface area (Å²) in [4.78, 5) is 11.3. The predicted molar refractivity (Wildman–Crippen MR) is 105 cm³/mol. The van der Waals surface area contributed by atoms with Gasteiger partial charge < -0.3 is 10.2 Å². The number of hydrogen-bond donors (Lipinski definition) is 1. The molecule has 0 aromatic carbocycles. The van der Waals surface area contributed by atoms with E-state index in [0.717, 1.165) is 44.0 Å². The lowest BCUT2D eigenvalue weighted by Crippen LogP contribution is -2.57. The summed E-state index contributed by atoms with van der Waals surface area (Å²) in [7, 11) is -3.03. The van der Waals surface area contributed by atoms with Crippen LogP contribution in [0.1, 0.15) is 44.3 Å². The van der Waals surface area contributed by atoms with E-state index in [2.05, 4.69) is 20.6 Å². The Morgan fingerprint density at radius 3 is 2.80 bits per heavy atom. The highest BCUT2D eigenvalue weighted by molar-refractivity contribution is 7.92. The zero-order chi connectivity index (χ0) is 18.5. The van der Waals surface area contributed by atoms with Crippen LogP contribution in [0.3, 0.4) is 0 Å². The molecule has 1 saturated heterocycles. The molecule has 6 nitrogen and oxygen atoms in total. The van der Waals surface area contributed by atoms with Crippen molar-refractivity contribution in [3.8, 4) is 0 Å². The molecule has 1 aromatic rings. The van der Waals surface area contributed by atoms with Crippen molar-refractivity contribution in [1.29, 1.82) is 0 Å². The molecule has 0 saturated carbocycles. The number of guanidine groups is 1. The molecule has 2 rings (SSSR count). The molecule has 0 spiro atoms. The third-order valence-electron chi connectivity index (χ3n) is 4.40. The minimum Gasteiger partial charge on any atom is -0.357 e. The van der Waals surface area contributed by atoms with Crippen LogP contribution in [-0.4, -0.2) is 60.9 Å². The Morgan fingerprint density at radius 1 is 1.44 bits per heavy atom. The molecule has 0 amide bonds. The van der Waals surface area contributed by atoms with E-state index in [-0.39, 0.29) is 5.75 Å². The fourth-order valence-electron chi connectivity index (χ4n) is 2.84. The zero-order valence-corrected chi connectivity index (χ0v) is 17.3. The smallest absolute Gasteiger partial charge is 0.193 e. The first-order valence-electron chi connectivity index (χ1n) is 8.92. The van der Waals surface area contributed by atoms with E-state index in [1.165, 1.54) is 5.01 Å². The van der Waals surface area contributed by atoms with Crippen LogP contribution in [0.4, 0.5) is 0 Å². The van der Waals surface area contributed by atoms with Crippen molar-refractivity contribution in [2.75, 3.05) is 31.9 Å². The van der Waals surface area contributed by atoms with Crippen LogP contribution >= 0.6 is 11.3 Å². The summed E-state index contributed by atoms with van der Waals surface area (Å²) >= 11 is 1.72. The zero-order valence-electron chi connectivity index (χ0n) is 15.7. The summed E-state index contributed by atoms with van der Waals surface area (Å²) in [6.45, 7) is 10.2. The molecule has 25 heavy (non-hydrogen) atoms. The van der Waals surface area contributed by atoms with E-state index >= 15 is 0 Å². The molecular formula is C17H30N4O2S2. The van der Waals surface area contributed by atoms with Gasteiger partial charge in [0.25, 0.3) is 0 Å². The van der Waals surface area contributed by atoms with Crippen LogP contribution in [0.5, 0.6) is 0 Å². The molecule has 1 aliphatic rings. The quantitative estimate of drug-likeness (QED) is 0.461. The number of aliphatic imine (C=N–C) groups is 1. The van der Waals surface area contributed by atoms with Gasteiger partial charge in [0.2, 0.25) is 0 Å². The number of aryl methyl sites for hydroxylation is 2. The van der Waals surface area contributed by atoms with E-state index < -0.39 is 14.6 Å². The average Bonchev–Trinajstić information content (AvgIpc) is 2.94. The maximum Gasteiger partial charge on any atom is 0.193 e. The minimum atomic E-state index is -3.03. The van der Waals surface area contributed by atoms with Crippen molar-refractivity contribution in [2.24, 2.45) is 4.99 Å². The number of nitrogens with zero attached hydrogens (tertiary/aromatic N) is 3. The molecule has 2 heterocycles. The van der Waals surface area contributed by atoms with E-state index in [0.29, 0.717) is 13.1 Å². The summed E-state index contributed by atoms with van der Waals surface area (Å²) in [6.07, 6.45) is 3.07. The summed E-state index contributed by atoms with van der Waals surface area (Å²) in [5, 5.41) is 6.58. The number of unbranched alkanes of at least 4 members (excludes halogenated alkanes) is 1. The Balaban J connectivity index is 1.88. The van der Waals surface area contributed by atoms with Gasteiger partial charge in [-0.15, -0.1) is 11.3 Å². The Kier molecular flexibility index (Phi) is 6.85. The van der Waals surface area contributed by atoms with E-state index in [1.54, 1.807) is 25.2 Å². The van der Waals surface area contributed by atoms with E-state index in [4.69, 9.17) is 4.99 Å². The second kappa shape index (κ2) is 8.49. The predicted octanol–water partition coefficient (Wildman–Crippen LogP) is 2.25. The van der Waals surface area contributed by atoms with Crippen LogP contribution in [0.25, 0.3) is 0 Å². The van der Waals surface area contributed by atoms with Gasteiger partial charge in [-0.2, -0.15) is 0 Å². The van der Waals surface area contributed by atoms with Gasteiger partial charge in [-0.1, -0.05) is 0 Å². The number of rotatable bonds is 6. The Labute approximate surface area is 155 Å². The van der Waals surface area contributed by atoms with Gasteiger partial charge in [0, 0.05) is 37.3 Å². The van der Waals surface area contributed by atoms with Crippen LogP contribution in [0.15, 0.2) is 10.4 Å². The first-order chi connectivity index (χ1) is 11.7. The van der Waals surface area contributed by atoms with Crippen molar-refractivity contribution in [1.82, 2.24) is 15.2 Å². The maximum absolute atomic E-state index is 12.2. The lowest BCUT2D eigenvalue weighted by Gasteiger charge is -2.39. The van der Waals surface area contributed by atoms with Gasteiger partial charge in [-0.05, 0) is 47.0 Å². The lowest BCUT2D eigenvalue weighted by atomic mass is 10.2. The van der Waals surface area contributed by atoms with Gasteiger partial charge in [0.05, 0.1) is 15.5 Å². The normalized spacial score (nSPS) is 19.8. The van der Waals surface area contributed by atoms with Crippen LogP contribution < -0.4 is 5.32 Å². The van der Waals surface area contributed by atoms with Crippen LogP contribution in [-0.2, 0) is 16.3 Å². The molecule has 8 heteroatoms. The lowest BCUT2D eigenvalue weighted by molar-refractivity contribution is 0.353. The van der Waals surface area contributed by atoms with Gasteiger partial charge >= 0.3 is 0 Å². The molecule has 0 unspecified atom stereocenters. The average molecular weight is 387 g/mol. The fraction of sp³-hybridized carbons (Fsp3) is 0.765. The first kappa shape index (κ1) is 20.2. The van der Waals surface area contributed by atoms with Crippen LogP contribution in [0, 0.1) is 6.92 Å². The first-order valence-corrected chi connectivity index (χ1v) is 11.4. The highest BCUT2D eigenvalue weighted by atomic mass is 32.2. The fourth-order valence-corrected chi connectivity index (χ4v) is 5.02. The largest absolute Gasteiger partial charge is 0.357 e. The molecule has 1 aliphatic heterocycles. The van der Waals surface area contributed by atoms with E-state index in [9.17, 15) is 8.42 Å². The summed E-state index contributed by atoms with van der Waals surface area (Å²) in [6, 6.07) is 0. The SMILES string of the molecule is CCNC(=NCCCCc1nc(C)cs1)N1CCS(=O)(=O)C(C)(C)C1. The molecule has 0 bridgehead atoms. The van der Waals surface area contributed by atoms with Crippen molar-refractivity contribution in [3.63, 3.8) is 0 Å². The van der Waals surface area contributed by atoms with E-state index in [1.807, 2.05) is 13.8 Å². The highest BCUT2D eigenvalue weighted by Crippen LogP contribution is 2.23. The second-order valence-corrected chi connectivity index (χ2v) is 10.8. The maximum atomic E-state index is 12.2. The number of aromatic nitrogens is 1. The number of nitrogens with one attached hydrogen (secondary N) is 1. The van der Waals surface area contributed by atoms with Crippen LogP contribution in [0.2, 0.25) is 0 Å². The molecule has 1 aromatic heterocycles. The molecular weight excluding hydrogens is 356 g/mol. The monoisotopic (exact) mass is 386 g/mol. The highest BCUT2D eigenvalue weighted by Gasteiger charge is 2.40. The Bertz CT molecular complexity index is 695. The molecule has 142 valence electrons. The minimum absolute atomic E-state index is 0.188. The molecule has 0 radical (unpaired) electrons. The topological polar surface area (TPSA) is 74.7 Å². The number of sulfone groups is 1. The summed E-state index contributed by atoms with van der Waals surface area (Å²) in [5.74, 6) is 1.02. The van der Waals surface area contributed by atoms with Gasteiger partial charge in [0.15, 0.2) is 15.8 Å². The molecule has 0 aliphatic carbocycles. The van der Waals surface area contributed by atoms with Crippen molar-refractivity contribution in [3.05, 3.63) is 16.1 Å². The third-order valence-corrected chi connectivity index (χ3v) is 7.96. The molecule has 0 atom stereocenters. The molecule has 1 fully saturated rings. The summed E-state index contributed by atoms with van der Waals surface area (Å²) in [5.41, 5.74) is 1.09. The van der Waals surface area contributed by atoms with Gasteiger partial charge in [-0.25, -0.2) is 13.4 Å². The number of thiazole rings is 1.